The first-order valence-corrected chi connectivity index (χ1v) is 11.5. The predicted molar refractivity (Wildman–Crippen MR) is 131 cm³/mol. The number of benzene rings is 3. The van der Waals surface area contributed by atoms with Crippen LogP contribution in [0.3, 0.4) is 0 Å². The van der Waals surface area contributed by atoms with Gasteiger partial charge < -0.3 is 15.4 Å². The minimum absolute atomic E-state index is 0.0182. The van der Waals surface area contributed by atoms with Crippen molar-refractivity contribution in [2.45, 2.75) is 32.1 Å². The SMILES string of the molecule is CCN[C@@H]1c2cc(OC)ccc2N(C(=O)Nc2ccc(C(F)(F)F)cc2)[C@H](c2ccccc2)[C@H]1C. The van der Waals surface area contributed by atoms with Gasteiger partial charge in [0.15, 0.2) is 0 Å². The molecule has 0 saturated carbocycles. The first kappa shape index (κ1) is 24.6. The molecule has 2 amide bonds. The maximum atomic E-state index is 13.7. The topological polar surface area (TPSA) is 53.6 Å². The third-order valence-electron chi connectivity index (χ3n) is 6.38. The van der Waals surface area contributed by atoms with Crippen LogP contribution in [0.1, 0.15) is 42.6 Å². The molecule has 1 heterocycles. The van der Waals surface area contributed by atoms with E-state index < -0.39 is 17.8 Å². The molecule has 0 radical (unpaired) electrons. The van der Waals surface area contributed by atoms with Crippen LogP contribution in [0.4, 0.5) is 29.3 Å². The van der Waals surface area contributed by atoms with Crippen molar-refractivity contribution >= 4 is 17.4 Å². The molecular formula is C27H28F3N3O2. The van der Waals surface area contributed by atoms with Gasteiger partial charge in [0.2, 0.25) is 0 Å². The number of amides is 2. The van der Waals surface area contributed by atoms with Crippen LogP contribution in [0.25, 0.3) is 0 Å². The van der Waals surface area contributed by atoms with Gasteiger partial charge >= 0.3 is 12.2 Å². The van der Waals surface area contributed by atoms with Crippen molar-refractivity contribution in [1.29, 1.82) is 0 Å². The van der Waals surface area contributed by atoms with E-state index in [1.54, 1.807) is 18.1 Å². The van der Waals surface area contributed by atoms with E-state index >= 15 is 0 Å². The van der Waals surface area contributed by atoms with Crippen LogP contribution >= 0.6 is 0 Å². The molecule has 8 heteroatoms. The van der Waals surface area contributed by atoms with Crippen molar-refractivity contribution < 1.29 is 22.7 Å². The van der Waals surface area contributed by atoms with Crippen LogP contribution in [0, 0.1) is 5.92 Å². The molecule has 0 aromatic heterocycles. The van der Waals surface area contributed by atoms with E-state index in [1.165, 1.54) is 12.1 Å². The van der Waals surface area contributed by atoms with Crippen LogP contribution < -0.4 is 20.3 Å². The Balaban J connectivity index is 1.78. The van der Waals surface area contributed by atoms with Gasteiger partial charge in [-0.05, 0) is 60.1 Å². The molecule has 35 heavy (non-hydrogen) atoms. The molecule has 3 aromatic carbocycles. The van der Waals surface area contributed by atoms with Gasteiger partial charge in [-0.15, -0.1) is 0 Å². The molecule has 1 aliphatic heterocycles. The summed E-state index contributed by atoms with van der Waals surface area (Å²) in [7, 11) is 1.60. The summed E-state index contributed by atoms with van der Waals surface area (Å²) < 4.78 is 44.4. The number of alkyl halides is 3. The number of hydrogen-bond donors (Lipinski definition) is 2. The molecular weight excluding hydrogens is 455 g/mol. The second kappa shape index (κ2) is 10.00. The number of methoxy groups -OCH3 is 1. The quantitative estimate of drug-likeness (QED) is 0.420. The van der Waals surface area contributed by atoms with Crippen molar-refractivity contribution in [3.05, 3.63) is 89.5 Å². The fraction of sp³-hybridized carbons (Fsp3) is 0.296. The minimum Gasteiger partial charge on any atom is -0.497 e. The maximum Gasteiger partial charge on any atom is 0.416 e. The summed E-state index contributed by atoms with van der Waals surface area (Å²) >= 11 is 0. The molecule has 184 valence electrons. The molecule has 3 atom stereocenters. The Morgan fingerprint density at radius 1 is 1.03 bits per heavy atom. The molecule has 0 spiro atoms. The van der Waals surface area contributed by atoms with Gasteiger partial charge in [0, 0.05) is 17.6 Å². The lowest BCUT2D eigenvalue weighted by atomic mass is 9.79. The second-order valence-corrected chi connectivity index (χ2v) is 8.55. The van der Waals surface area contributed by atoms with Crippen molar-refractivity contribution in [1.82, 2.24) is 5.32 Å². The lowest BCUT2D eigenvalue weighted by Crippen LogP contribution is -2.48. The van der Waals surface area contributed by atoms with Gasteiger partial charge in [-0.2, -0.15) is 13.2 Å². The maximum absolute atomic E-state index is 13.7. The fourth-order valence-corrected chi connectivity index (χ4v) is 4.76. The summed E-state index contributed by atoms with van der Waals surface area (Å²) in [4.78, 5) is 15.4. The summed E-state index contributed by atoms with van der Waals surface area (Å²) in [6, 6.07) is 19.0. The van der Waals surface area contributed by atoms with E-state index in [0.29, 0.717) is 11.4 Å². The zero-order valence-corrected chi connectivity index (χ0v) is 19.8. The van der Waals surface area contributed by atoms with Gasteiger partial charge in [0.05, 0.1) is 24.4 Å². The highest BCUT2D eigenvalue weighted by Gasteiger charge is 2.42. The van der Waals surface area contributed by atoms with E-state index in [0.717, 1.165) is 29.8 Å². The van der Waals surface area contributed by atoms with Crippen LogP contribution in [0.2, 0.25) is 0 Å². The molecule has 3 aromatic rings. The number of halogens is 3. The Morgan fingerprint density at radius 2 is 1.71 bits per heavy atom. The molecule has 0 fully saturated rings. The second-order valence-electron chi connectivity index (χ2n) is 8.55. The van der Waals surface area contributed by atoms with Crippen LogP contribution in [-0.4, -0.2) is 19.7 Å². The summed E-state index contributed by atoms with van der Waals surface area (Å²) in [5, 5.41) is 6.35. The highest BCUT2D eigenvalue weighted by molar-refractivity contribution is 6.03. The largest absolute Gasteiger partial charge is 0.497 e. The lowest BCUT2D eigenvalue weighted by Gasteiger charge is -2.45. The number of rotatable bonds is 5. The molecule has 4 rings (SSSR count). The number of ether oxygens (including phenoxy) is 1. The fourth-order valence-electron chi connectivity index (χ4n) is 4.76. The first-order valence-electron chi connectivity index (χ1n) is 11.5. The Kier molecular flexibility index (Phi) is 7.03. The van der Waals surface area contributed by atoms with E-state index in [4.69, 9.17) is 4.74 Å². The average molecular weight is 484 g/mol. The van der Waals surface area contributed by atoms with Gasteiger partial charge in [-0.3, -0.25) is 4.90 Å². The number of hydrogen-bond acceptors (Lipinski definition) is 3. The van der Waals surface area contributed by atoms with Gasteiger partial charge in [0.1, 0.15) is 5.75 Å². The average Bonchev–Trinajstić information content (AvgIpc) is 2.85. The predicted octanol–water partition coefficient (Wildman–Crippen LogP) is 6.79. The van der Waals surface area contributed by atoms with Crippen molar-refractivity contribution in [3.63, 3.8) is 0 Å². The summed E-state index contributed by atoms with van der Waals surface area (Å²) in [6.07, 6.45) is -4.44. The summed E-state index contributed by atoms with van der Waals surface area (Å²) in [6.45, 7) is 4.87. The molecule has 0 unspecified atom stereocenters. The Bertz CT molecular complexity index is 1170. The zero-order chi connectivity index (χ0) is 25.2. The number of nitrogens with one attached hydrogen (secondary N) is 2. The van der Waals surface area contributed by atoms with E-state index in [2.05, 4.69) is 17.6 Å². The minimum atomic E-state index is -4.44. The van der Waals surface area contributed by atoms with Gasteiger partial charge in [0.25, 0.3) is 0 Å². The van der Waals surface area contributed by atoms with Crippen molar-refractivity contribution in [2.75, 3.05) is 23.9 Å². The van der Waals surface area contributed by atoms with Crippen molar-refractivity contribution in [3.8, 4) is 5.75 Å². The third-order valence-corrected chi connectivity index (χ3v) is 6.38. The van der Waals surface area contributed by atoms with E-state index in [9.17, 15) is 18.0 Å². The molecule has 0 aliphatic carbocycles. The van der Waals surface area contributed by atoms with Crippen LogP contribution in [0.15, 0.2) is 72.8 Å². The number of carbonyl (C=O) groups is 1. The number of anilines is 2. The highest BCUT2D eigenvalue weighted by atomic mass is 19.4. The van der Waals surface area contributed by atoms with E-state index in [-0.39, 0.29) is 23.7 Å². The zero-order valence-electron chi connectivity index (χ0n) is 19.8. The molecule has 0 saturated heterocycles. The van der Waals surface area contributed by atoms with E-state index in [1.807, 2.05) is 49.4 Å². The number of urea groups is 1. The third kappa shape index (κ3) is 4.98. The Morgan fingerprint density at radius 3 is 2.31 bits per heavy atom. The standard InChI is InChI=1S/C27H28F3N3O2/c1-4-31-24-17(2)25(18-8-6-5-7-9-18)33(23-15-14-21(35-3)16-22(23)24)26(34)32-20-12-10-19(11-13-20)27(28,29)30/h5-17,24-25,31H,4H2,1-3H3,(H,32,34)/t17-,24-,25-/m0/s1. The lowest BCUT2D eigenvalue weighted by molar-refractivity contribution is -0.137. The van der Waals surface area contributed by atoms with Crippen molar-refractivity contribution in [2.24, 2.45) is 5.92 Å². The molecule has 0 bridgehead atoms. The Hall–Kier alpha value is -3.52. The first-order chi connectivity index (χ1) is 16.7. The normalized spacial score (nSPS) is 19.7. The summed E-state index contributed by atoms with van der Waals surface area (Å²) in [5.74, 6) is 0.662. The smallest absolute Gasteiger partial charge is 0.416 e. The monoisotopic (exact) mass is 483 g/mol. The van der Waals surface area contributed by atoms with Gasteiger partial charge in [-0.25, -0.2) is 4.79 Å². The van der Waals surface area contributed by atoms with Crippen LogP contribution in [0.5, 0.6) is 5.75 Å². The number of fused-ring (bicyclic) bond motifs is 1. The van der Waals surface area contributed by atoms with Crippen LogP contribution in [-0.2, 0) is 6.18 Å². The number of carbonyl (C=O) groups excluding carboxylic acids is 1. The summed E-state index contributed by atoms with van der Waals surface area (Å²) in [5.41, 5.74) is 2.12. The highest BCUT2D eigenvalue weighted by Crippen LogP contribution is 2.48. The molecule has 5 nitrogen and oxygen atoms in total. The molecule has 2 N–H and O–H groups in total. The number of nitrogens with zero attached hydrogens (tertiary/aromatic N) is 1. The molecule has 1 aliphatic rings. The van der Waals surface area contributed by atoms with Gasteiger partial charge in [-0.1, -0.05) is 44.2 Å². The Labute approximate surface area is 202 Å².